The molecule has 2 atom stereocenters. The molecule has 1 N–H and O–H groups in total. The Bertz CT molecular complexity index is 297. The highest BCUT2D eigenvalue weighted by Crippen LogP contribution is 2.56. The third kappa shape index (κ3) is 1.48. The molecule has 3 fully saturated rings. The van der Waals surface area contributed by atoms with Crippen molar-refractivity contribution in [1.82, 2.24) is 4.90 Å². The molecule has 2 saturated carbocycles. The summed E-state index contributed by atoms with van der Waals surface area (Å²) in [5.41, 5.74) is -0.574. The predicted molar refractivity (Wildman–Crippen MR) is 60.8 cm³/mol. The molecule has 3 heteroatoms. The van der Waals surface area contributed by atoms with Crippen molar-refractivity contribution in [3.8, 4) is 0 Å². The summed E-state index contributed by atoms with van der Waals surface area (Å²) >= 11 is 0. The number of carbonyl (C=O) groups excluding carboxylic acids is 1. The molecule has 1 heterocycles. The Morgan fingerprint density at radius 1 is 1.31 bits per heavy atom. The lowest BCUT2D eigenvalue weighted by Gasteiger charge is -2.46. The molecule has 1 saturated heterocycles. The number of amides is 1. The molecule has 0 spiro atoms. The topological polar surface area (TPSA) is 40.5 Å². The lowest BCUT2D eigenvalue weighted by atomic mass is 9.91. The van der Waals surface area contributed by atoms with Crippen LogP contribution >= 0.6 is 0 Å². The largest absolute Gasteiger partial charge is 0.386 e. The highest BCUT2D eigenvalue weighted by Gasteiger charge is 2.57. The first-order valence-electron chi connectivity index (χ1n) is 6.66. The molecule has 3 nitrogen and oxygen atoms in total. The van der Waals surface area contributed by atoms with Crippen LogP contribution in [0, 0.1) is 17.8 Å². The smallest absolute Gasteiger partial charge is 0.226 e. The van der Waals surface area contributed by atoms with Crippen LogP contribution in [0.25, 0.3) is 0 Å². The first-order valence-corrected chi connectivity index (χ1v) is 6.66. The molecule has 0 radical (unpaired) electrons. The van der Waals surface area contributed by atoms with Gasteiger partial charge in [0.15, 0.2) is 0 Å². The SMILES string of the molecule is CCC1(O)CN(C(=O)C2C3CCCCC32)C1. The Kier molecular flexibility index (Phi) is 2.29. The third-order valence-electron chi connectivity index (χ3n) is 4.88. The number of hydrogen-bond acceptors (Lipinski definition) is 2. The Hall–Kier alpha value is -0.570. The van der Waals surface area contributed by atoms with Gasteiger partial charge in [-0.05, 0) is 31.1 Å². The van der Waals surface area contributed by atoms with E-state index in [0.717, 1.165) is 6.42 Å². The second-order valence-electron chi connectivity index (χ2n) is 5.91. The summed E-state index contributed by atoms with van der Waals surface area (Å²) in [4.78, 5) is 14.0. The summed E-state index contributed by atoms with van der Waals surface area (Å²) in [6, 6.07) is 0. The van der Waals surface area contributed by atoms with Gasteiger partial charge in [-0.3, -0.25) is 4.79 Å². The van der Waals surface area contributed by atoms with Crippen molar-refractivity contribution >= 4 is 5.91 Å². The van der Waals surface area contributed by atoms with Crippen molar-refractivity contribution in [2.24, 2.45) is 17.8 Å². The van der Waals surface area contributed by atoms with Crippen LogP contribution in [0.5, 0.6) is 0 Å². The first kappa shape index (κ1) is 10.6. The van der Waals surface area contributed by atoms with Crippen molar-refractivity contribution in [2.45, 2.75) is 44.6 Å². The summed E-state index contributed by atoms with van der Waals surface area (Å²) in [5, 5.41) is 9.90. The van der Waals surface area contributed by atoms with Gasteiger partial charge in [-0.15, -0.1) is 0 Å². The van der Waals surface area contributed by atoms with Crippen molar-refractivity contribution < 1.29 is 9.90 Å². The van der Waals surface area contributed by atoms with Crippen LogP contribution in [0.3, 0.4) is 0 Å². The normalized spacial score (nSPS) is 39.9. The number of aliphatic hydroxyl groups is 1. The maximum Gasteiger partial charge on any atom is 0.226 e. The highest BCUT2D eigenvalue weighted by atomic mass is 16.3. The van der Waals surface area contributed by atoms with Crippen LogP contribution < -0.4 is 0 Å². The van der Waals surface area contributed by atoms with Gasteiger partial charge in [0.05, 0.1) is 18.7 Å². The second kappa shape index (κ2) is 3.46. The van der Waals surface area contributed by atoms with Gasteiger partial charge in [0.1, 0.15) is 0 Å². The van der Waals surface area contributed by atoms with Gasteiger partial charge in [0.25, 0.3) is 0 Å². The van der Waals surface area contributed by atoms with E-state index in [1.54, 1.807) is 0 Å². The monoisotopic (exact) mass is 223 g/mol. The van der Waals surface area contributed by atoms with Crippen LogP contribution in [0.15, 0.2) is 0 Å². The molecule has 1 aliphatic heterocycles. The van der Waals surface area contributed by atoms with Crippen LogP contribution in [0.1, 0.15) is 39.0 Å². The zero-order valence-electron chi connectivity index (χ0n) is 9.98. The fourth-order valence-corrected chi connectivity index (χ4v) is 3.61. The molecule has 0 aromatic heterocycles. The summed E-state index contributed by atoms with van der Waals surface area (Å²) < 4.78 is 0. The summed E-state index contributed by atoms with van der Waals surface area (Å²) in [6.07, 6.45) is 5.89. The van der Waals surface area contributed by atoms with Gasteiger partial charge in [-0.25, -0.2) is 0 Å². The number of carbonyl (C=O) groups is 1. The van der Waals surface area contributed by atoms with Crippen molar-refractivity contribution in [2.75, 3.05) is 13.1 Å². The minimum atomic E-state index is -0.574. The number of nitrogens with zero attached hydrogens (tertiary/aromatic N) is 1. The Labute approximate surface area is 96.8 Å². The fourth-order valence-electron chi connectivity index (χ4n) is 3.61. The van der Waals surface area contributed by atoms with Crippen LogP contribution in [-0.4, -0.2) is 34.6 Å². The number of fused-ring (bicyclic) bond motifs is 1. The predicted octanol–water partition coefficient (Wildman–Crippen LogP) is 1.41. The van der Waals surface area contributed by atoms with Gasteiger partial charge < -0.3 is 10.0 Å². The molecule has 0 aromatic carbocycles. The number of β-amino-alcohol motifs (C(OH)–C–C–N with tert-alkyl or cyclic N) is 1. The molecule has 2 unspecified atom stereocenters. The van der Waals surface area contributed by atoms with E-state index >= 15 is 0 Å². The molecule has 2 aliphatic carbocycles. The number of rotatable bonds is 2. The maximum absolute atomic E-state index is 12.2. The zero-order chi connectivity index (χ0) is 11.3. The van der Waals surface area contributed by atoms with E-state index in [1.165, 1.54) is 25.7 Å². The van der Waals surface area contributed by atoms with Crippen molar-refractivity contribution in [3.05, 3.63) is 0 Å². The third-order valence-corrected chi connectivity index (χ3v) is 4.88. The molecule has 0 bridgehead atoms. The average molecular weight is 223 g/mol. The van der Waals surface area contributed by atoms with Gasteiger partial charge in [0, 0.05) is 5.92 Å². The van der Waals surface area contributed by atoms with E-state index in [0.29, 0.717) is 36.8 Å². The van der Waals surface area contributed by atoms with Crippen LogP contribution in [0.2, 0.25) is 0 Å². The fraction of sp³-hybridized carbons (Fsp3) is 0.923. The second-order valence-corrected chi connectivity index (χ2v) is 5.91. The highest BCUT2D eigenvalue weighted by molar-refractivity contribution is 5.83. The quantitative estimate of drug-likeness (QED) is 0.769. The minimum Gasteiger partial charge on any atom is -0.386 e. The lowest BCUT2D eigenvalue weighted by molar-refractivity contribution is -0.157. The summed E-state index contributed by atoms with van der Waals surface area (Å²) in [6.45, 7) is 3.12. The van der Waals surface area contributed by atoms with Crippen molar-refractivity contribution in [3.63, 3.8) is 0 Å². The zero-order valence-corrected chi connectivity index (χ0v) is 9.98. The average Bonchev–Trinajstić information content (AvgIpc) is 2.98. The molecular formula is C13H21NO2. The molecule has 0 aromatic rings. The van der Waals surface area contributed by atoms with Crippen molar-refractivity contribution in [1.29, 1.82) is 0 Å². The summed E-state index contributed by atoms with van der Waals surface area (Å²) in [7, 11) is 0. The molecular weight excluding hydrogens is 202 g/mol. The van der Waals surface area contributed by atoms with Gasteiger partial charge in [-0.1, -0.05) is 19.8 Å². The first-order chi connectivity index (χ1) is 7.64. The maximum atomic E-state index is 12.2. The van der Waals surface area contributed by atoms with E-state index in [-0.39, 0.29) is 0 Å². The lowest BCUT2D eigenvalue weighted by Crippen LogP contribution is -2.63. The van der Waals surface area contributed by atoms with Gasteiger partial charge >= 0.3 is 0 Å². The van der Waals surface area contributed by atoms with E-state index in [9.17, 15) is 9.90 Å². The van der Waals surface area contributed by atoms with Crippen LogP contribution in [0.4, 0.5) is 0 Å². The van der Waals surface area contributed by atoms with E-state index in [1.807, 2.05) is 11.8 Å². The molecule has 1 amide bonds. The Morgan fingerprint density at radius 3 is 2.38 bits per heavy atom. The molecule has 3 rings (SSSR count). The van der Waals surface area contributed by atoms with Crippen LogP contribution in [-0.2, 0) is 4.79 Å². The summed E-state index contributed by atoms with van der Waals surface area (Å²) in [5.74, 6) is 2.03. The van der Waals surface area contributed by atoms with E-state index in [4.69, 9.17) is 0 Å². The number of hydrogen-bond donors (Lipinski definition) is 1. The minimum absolute atomic E-state index is 0.323. The van der Waals surface area contributed by atoms with Gasteiger partial charge in [0.2, 0.25) is 5.91 Å². The number of likely N-dealkylation sites (tertiary alicyclic amines) is 1. The molecule has 3 aliphatic rings. The standard InChI is InChI=1S/C13H21NO2/c1-2-13(16)7-14(8-13)12(15)11-9-5-3-4-6-10(9)11/h9-11,16H,2-8H2,1H3. The van der Waals surface area contributed by atoms with E-state index < -0.39 is 5.60 Å². The molecule has 16 heavy (non-hydrogen) atoms. The molecule has 90 valence electrons. The Morgan fingerprint density at radius 2 is 1.88 bits per heavy atom. The Balaban J connectivity index is 1.56. The van der Waals surface area contributed by atoms with Gasteiger partial charge in [-0.2, -0.15) is 0 Å². The van der Waals surface area contributed by atoms with E-state index in [2.05, 4.69) is 0 Å².